The molecule has 538 valence electrons. The standard InChI is InChI=1S/C96H106N8Si2/c1-89(2,3)63-43-59(44-64(51-63)90(4,5)6)75-71-35-36-72(97-71)76(60-45-65(91(7,8)9)52-66(46-60)92(10,11)12)81-85-86(104-88(103-85)58-33-29-56(30-34-58)40-42-106-26)82(100-81)78(62-49-69(95(19,20)21)54-70(50-62)96(22,23)24)74-38-37-73(98-74)77(61-47-67(93(13,14)15)53-68(48-61)94(16,17)18)80-84-83(79(75)99-80)101-87(102-84)57-31-27-55(28-32-57)39-41-105-25/h27-38,43-54,97-98H,1-26H3,(H,101,102)(H,103,104). The van der Waals surface area contributed by atoms with Crippen molar-refractivity contribution in [3.8, 4) is 136 Å². The molecule has 7 heterocycles. The lowest BCUT2D eigenvalue weighted by Crippen LogP contribution is -2.16. The Hall–Kier alpha value is -9.59. The van der Waals surface area contributed by atoms with Crippen molar-refractivity contribution in [3.63, 3.8) is 0 Å². The Morgan fingerprint density at radius 3 is 0.689 bits per heavy atom. The van der Waals surface area contributed by atoms with E-state index in [9.17, 15) is 0 Å². The quantitative estimate of drug-likeness (QED) is 0.0981. The maximum atomic E-state index is 6.25. The fourth-order valence-corrected chi connectivity index (χ4v) is 14.7. The summed E-state index contributed by atoms with van der Waals surface area (Å²) in [6.45, 7) is 59.9. The molecule has 0 saturated heterocycles. The van der Waals surface area contributed by atoms with Gasteiger partial charge in [0.1, 0.15) is 53.5 Å². The Morgan fingerprint density at radius 1 is 0.245 bits per heavy atom. The summed E-state index contributed by atoms with van der Waals surface area (Å²) in [4.78, 5) is 40.9. The molecular formula is C96H106N8Si2. The van der Waals surface area contributed by atoms with E-state index in [-0.39, 0.29) is 43.3 Å². The van der Waals surface area contributed by atoms with Crippen LogP contribution in [0.25, 0.3) is 135 Å². The summed E-state index contributed by atoms with van der Waals surface area (Å²) in [7, 11) is 1.06. The van der Waals surface area contributed by atoms with E-state index in [4.69, 9.17) is 19.9 Å². The number of aromatic nitrogens is 8. The molecule has 6 aromatic carbocycles. The van der Waals surface area contributed by atoms with Crippen molar-refractivity contribution in [2.75, 3.05) is 0 Å². The van der Waals surface area contributed by atoms with Crippen molar-refractivity contribution in [3.05, 3.63) is 201 Å². The molecule has 13 rings (SSSR count). The van der Waals surface area contributed by atoms with Gasteiger partial charge in [-0.1, -0.05) is 288 Å². The van der Waals surface area contributed by atoms with Crippen molar-refractivity contribution < 1.29 is 0 Å². The molecule has 8 bridgehead atoms. The summed E-state index contributed by atoms with van der Waals surface area (Å²) in [5.41, 5.74) is 36.2. The average molecular weight is 1430 g/mol. The van der Waals surface area contributed by atoms with Gasteiger partial charge >= 0.3 is 0 Å². The summed E-state index contributed by atoms with van der Waals surface area (Å²) in [6, 6.07) is 55.1. The van der Waals surface area contributed by atoms with E-state index in [0.717, 1.165) is 146 Å². The largest absolute Gasteiger partial charge is 0.354 e. The van der Waals surface area contributed by atoms with E-state index >= 15 is 0 Å². The summed E-state index contributed by atoms with van der Waals surface area (Å²) < 4.78 is 0. The molecule has 0 amide bonds. The monoisotopic (exact) mass is 1430 g/mol. The Morgan fingerprint density at radius 2 is 0.472 bits per heavy atom. The highest BCUT2D eigenvalue weighted by Crippen LogP contribution is 2.52. The van der Waals surface area contributed by atoms with Crippen LogP contribution in [0.15, 0.2) is 146 Å². The molecule has 10 heteroatoms. The lowest BCUT2D eigenvalue weighted by molar-refractivity contribution is 0.568. The molecule has 4 radical (unpaired) electrons. The van der Waals surface area contributed by atoms with Crippen molar-refractivity contribution in [1.29, 1.82) is 0 Å². The number of benzene rings is 6. The molecule has 4 N–H and O–H groups in total. The fourth-order valence-electron chi connectivity index (χ4n) is 14.2. The van der Waals surface area contributed by atoms with E-state index in [2.05, 4.69) is 368 Å². The Kier molecular flexibility index (Phi) is 18.8. The van der Waals surface area contributed by atoms with Crippen LogP contribution < -0.4 is 0 Å². The summed E-state index contributed by atoms with van der Waals surface area (Å²) >= 11 is 0. The first-order valence-corrected chi connectivity index (χ1v) is 40.7. The first-order chi connectivity index (χ1) is 49.4. The first-order valence-electron chi connectivity index (χ1n) is 37.7. The Labute approximate surface area is 636 Å². The number of aromatic amines is 4. The van der Waals surface area contributed by atoms with Crippen LogP contribution in [0.1, 0.15) is 222 Å². The zero-order valence-corrected chi connectivity index (χ0v) is 69.6. The number of nitrogens with one attached hydrogen (secondary N) is 4. The van der Waals surface area contributed by atoms with E-state index in [1.54, 1.807) is 0 Å². The number of fused-ring (bicyclic) bond motifs is 14. The van der Waals surface area contributed by atoms with Crippen LogP contribution in [0.2, 0.25) is 13.1 Å². The van der Waals surface area contributed by atoms with Crippen LogP contribution in [-0.4, -0.2) is 58.9 Å². The average Bonchev–Trinajstić information content (AvgIpc) is 1.56. The van der Waals surface area contributed by atoms with Crippen LogP contribution in [-0.2, 0) is 43.3 Å². The smallest absolute Gasteiger partial charge is 0.144 e. The molecule has 11 aromatic rings. The normalized spacial score (nSPS) is 12.9. The van der Waals surface area contributed by atoms with Gasteiger partial charge in [-0.2, -0.15) is 0 Å². The minimum Gasteiger partial charge on any atom is -0.354 e. The molecule has 0 saturated carbocycles. The van der Waals surface area contributed by atoms with Crippen LogP contribution in [0.5, 0.6) is 0 Å². The third-order valence-corrected chi connectivity index (χ3v) is 21.7. The third kappa shape index (κ3) is 14.7. The minimum atomic E-state index is -0.221. The van der Waals surface area contributed by atoms with Crippen LogP contribution in [0.3, 0.4) is 0 Å². The number of hydrogen-bond donors (Lipinski definition) is 4. The van der Waals surface area contributed by atoms with Crippen LogP contribution in [0.4, 0.5) is 0 Å². The molecule has 0 atom stereocenters. The Balaban J connectivity index is 1.34. The second-order valence-electron chi connectivity index (χ2n) is 37.7. The van der Waals surface area contributed by atoms with E-state index in [1.165, 1.54) is 44.5 Å². The van der Waals surface area contributed by atoms with Gasteiger partial charge in [-0.25, -0.2) is 19.9 Å². The molecule has 5 aromatic heterocycles. The topological polar surface area (TPSA) is 115 Å². The first kappa shape index (κ1) is 74.7. The molecule has 0 aliphatic carbocycles. The van der Waals surface area contributed by atoms with Gasteiger partial charge in [-0.05, 0) is 159 Å². The van der Waals surface area contributed by atoms with Gasteiger partial charge in [0.25, 0.3) is 0 Å². The maximum Gasteiger partial charge on any atom is 0.144 e. The highest BCUT2D eigenvalue weighted by molar-refractivity contribution is 6.44. The second kappa shape index (κ2) is 26.7. The SMILES string of the molecule is C[Si]C#Cc1ccc(-c2nc3c([nH]2)-c2nc-3c(-c3cc(C(C)(C)C)cc(C(C)(C)C)c3)c3ccc([nH]3)c(-c3cc(C(C)(C)C)cc(C(C)(C)C)c3)c3nc(c(-c4cc(C(C)(C)C)cc(C(C)(C)C)c4)c4ccc([nH]4)c2-c2cc(C(C)(C)C)cc(C(C)(C)C)c2)-c2nc(-c4ccc(C#C[Si]C)cc4)[nH]c2-3)cc1. The van der Waals surface area contributed by atoms with Gasteiger partial charge in [0, 0.05) is 66.6 Å². The third-order valence-electron chi connectivity index (χ3n) is 21.0. The molecule has 0 spiro atoms. The molecule has 2 aliphatic rings. The fraction of sp³-hybridized carbons (Fsp3) is 0.354. The number of hydrogen-bond acceptors (Lipinski definition) is 4. The van der Waals surface area contributed by atoms with Crippen molar-refractivity contribution in [2.45, 2.75) is 223 Å². The van der Waals surface area contributed by atoms with Gasteiger partial charge in [-0.15, -0.1) is 11.1 Å². The van der Waals surface area contributed by atoms with Gasteiger partial charge in [0.2, 0.25) is 0 Å². The predicted molar refractivity (Wildman–Crippen MR) is 453 cm³/mol. The predicted octanol–water partition coefficient (Wildman–Crippen LogP) is 24.9. The summed E-state index contributed by atoms with van der Waals surface area (Å²) in [6.07, 6.45) is 0. The molecule has 8 nitrogen and oxygen atoms in total. The zero-order valence-electron chi connectivity index (χ0n) is 67.6. The van der Waals surface area contributed by atoms with Gasteiger partial charge in [0.05, 0.1) is 22.8 Å². The van der Waals surface area contributed by atoms with Crippen molar-refractivity contribution >= 4 is 41.1 Å². The van der Waals surface area contributed by atoms with E-state index in [0.29, 0.717) is 19.0 Å². The lowest BCUT2D eigenvalue weighted by Gasteiger charge is -2.26. The minimum absolute atomic E-state index is 0.220. The Bertz CT molecular complexity index is 4870. The van der Waals surface area contributed by atoms with Crippen molar-refractivity contribution in [2.24, 2.45) is 0 Å². The highest BCUT2D eigenvalue weighted by Gasteiger charge is 2.36. The maximum absolute atomic E-state index is 6.25. The van der Waals surface area contributed by atoms with E-state index < -0.39 is 0 Å². The van der Waals surface area contributed by atoms with Gasteiger partial charge in [0.15, 0.2) is 0 Å². The molecule has 106 heavy (non-hydrogen) atoms. The summed E-state index contributed by atoms with van der Waals surface area (Å²) in [5, 5.41) is 0. The van der Waals surface area contributed by atoms with E-state index in [1.807, 2.05) is 0 Å². The van der Waals surface area contributed by atoms with Crippen LogP contribution >= 0.6 is 0 Å². The molecular weight excluding hydrogens is 1320 g/mol. The number of rotatable bonds is 6. The highest BCUT2D eigenvalue weighted by atomic mass is 28.2. The molecule has 0 unspecified atom stereocenters. The number of nitrogens with zero attached hydrogens (tertiary/aromatic N) is 4. The summed E-state index contributed by atoms with van der Waals surface area (Å²) in [5.74, 6) is 8.24. The van der Waals surface area contributed by atoms with Crippen LogP contribution in [0, 0.1) is 22.9 Å². The lowest BCUT2D eigenvalue weighted by atomic mass is 9.78. The second-order valence-corrected chi connectivity index (χ2v) is 39.2. The number of H-pyrrole nitrogens is 4. The van der Waals surface area contributed by atoms with Gasteiger partial charge < -0.3 is 19.9 Å². The van der Waals surface area contributed by atoms with Crippen molar-refractivity contribution in [1.82, 2.24) is 39.9 Å². The number of imidazole rings is 2. The molecule has 0 fully saturated rings. The van der Waals surface area contributed by atoms with Gasteiger partial charge in [-0.3, -0.25) is 0 Å². The molecule has 2 aliphatic heterocycles. The zero-order chi connectivity index (χ0) is 76.5.